The first-order valence-corrected chi connectivity index (χ1v) is 9.99. The number of carbonyl (C=O) groups is 1. The van der Waals surface area contributed by atoms with Crippen LogP contribution in [0.1, 0.15) is 48.2 Å². The van der Waals surface area contributed by atoms with E-state index in [1.54, 1.807) is 11.8 Å². The van der Waals surface area contributed by atoms with E-state index < -0.39 is 11.6 Å². The van der Waals surface area contributed by atoms with Crippen LogP contribution in [-0.4, -0.2) is 53.1 Å². The number of rotatable bonds is 3. The molecule has 0 saturated carbocycles. The maximum Gasteiger partial charge on any atom is 0.259 e. The predicted molar refractivity (Wildman–Crippen MR) is 101 cm³/mol. The van der Waals surface area contributed by atoms with E-state index in [0.29, 0.717) is 24.9 Å². The summed E-state index contributed by atoms with van der Waals surface area (Å²) in [5.74, 6) is -1.28. The number of benzene rings is 1. The van der Waals surface area contributed by atoms with Gasteiger partial charge in [0.05, 0.1) is 0 Å². The molecule has 4 rings (SSSR count). The molecule has 28 heavy (non-hydrogen) atoms. The average Bonchev–Trinajstić information content (AvgIpc) is 3.09. The Kier molecular flexibility index (Phi) is 5.44. The van der Waals surface area contributed by atoms with Crippen LogP contribution in [0.3, 0.4) is 0 Å². The van der Waals surface area contributed by atoms with Gasteiger partial charge in [0.15, 0.2) is 0 Å². The Labute approximate surface area is 163 Å². The van der Waals surface area contributed by atoms with Crippen LogP contribution in [0.2, 0.25) is 0 Å². The van der Waals surface area contributed by atoms with Crippen LogP contribution in [0.25, 0.3) is 11.3 Å². The highest BCUT2D eigenvalue weighted by atomic mass is 19.1. The van der Waals surface area contributed by atoms with Gasteiger partial charge in [-0.25, -0.2) is 8.78 Å². The Morgan fingerprint density at radius 2 is 1.82 bits per heavy atom. The molecule has 1 aromatic carbocycles. The van der Waals surface area contributed by atoms with Crippen molar-refractivity contribution in [1.29, 1.82) is 0 Å². The Bertz CT molecular complexity index is 853. The van der Waals surface area contributed by atoms with Gasteiger partial charge in [-0.3, -0.25) is 4.79 Å². The molecular weight excluding hydrogens is 364 g/mol. The molecule has 1 amide bonds. The molecule has 2 fully saturated rings. The summed E-state index contributed by atoms with van der Waals surface area (Å²) in [5.41, 5.74) is 0.477. The molecule has 150 valence electrons. The number of nitrogens with zero attached hydrogens (tertiary/aromatic N) is 3. The fraction of sp³-hybridized carbons (Fsp3) is 0.524. The SMILES string of the molecule is Cc1onc(-c2ccc(F)cc2F)c1C(=O)N1CCC(N2CCCCC2)CC1. The summed E-state index contributed by atoms with van der Waals surface area (Å²) in [6, 6.07) is 3.77. The fourth-order valence-electron chi connectivity index (χ4n) is 4.37. The van der Waals surface area contributed by atoms with Gasteiger partial charge in [0.2, 0.25) is 0 Å². The minimum Gasteiger partial charge on any atom is -0.360 e. The van der Waals surface area contributed by atoms with E-state index in [1.165, 1.54) is 25.3 Å². The summed E-state index contributed by atoms with van der Waals surface area (Å²) >= 11 is 0. The van der Waals surface area contributed by atoms with Gasteiger partial charge in [0.1, 0.15) is 28.7 Å². The number of aryl methyl sites for hydroxylation is 1. The third-order valence-electron chi connectivity index (χ3n) is 5.92. The largest absolute Gasteiger partial charge is 0.360 e. The number of carbonyl (C=O) groups excluding carboxylic acids is 1. The molecule has 0 aliphatic carbocycles. The predicted octanol–water partition coefficient (Wildman–Crippen LogP) is 4.02. The van der Waals surface area contributed by atoms with Crippen molar-refractivity contribution >= 4 is 5.91 Å². The number of likely N-dealkylation sites (tertiary alicyclic amines) is 2. The van der Waals surface area contributed by atoms with E-state index in [1.807, 2.05) is 0 Å². The van der Waals surface area contributed by atoms with Crippen molar-refractivity contribution < 1.29 is 18.1 Å². The van der Waals surface area contributed by atoms with Crippen LogP contribution in [0.5, 0.6) is 0 Å². The Morgan fingerprint density at radius 3 is 2.50 bits per heavy atom. The molecule has 2 aliphatic heterocycles. The maximum atomic E-state index is 14.2. The summed E-state index contributed by atoms with van der Waals surface area (Å²) in [6.45, 7) is 5.27. The second kappa shape index (κ2) is 7.99. The number of piperidine rings is 2. The second-order valence-corrected chi connectivity index (χ2v) is 7.71. The summed E-state index contributed by atoms with van der Waals surface area (Å²) in [5, 5.41) is 3.89. The molecule has 0 bridgehead atoms. The lowest BCUT2D eigenvalue weighted by Gasteiger charge is -2.40. The van der Waals surface area contributed by atoms with Gasteiger partial charge in [-0.05, 0) is 57.8 Å². The highest BCUT2D eigenvalue weighted by molar-refractivity contribution is 6.00. The Morgan fingerprint density at radius 1 is 1.11 bits per heavy atom. The van der Waals surface area contributed by atoms with Gasteiger partial charge in [-0.2, -0.15) is 0 Å². The molecular formula is C21H25F2N3O2. The Hall–Kier alpha value is -2.28. The third-order valence-corrected chi connectivity index (χ3v) is 5.92. The molecule has 2 aromatic rings. The van der Waals surface area contributed by atoms with Crippen LogP contribution in [0.15, 0.2) is 22.7 Å². The van der Waals surface area contributed by atoms with E-state index in [-0.39, 0.29) is 22.7 Å². The van der Waals surface area contributed by atoms with Crippen molar-refractivity contribution in [3.63, 3.8) is 0 Å². The highest BCUT2D eigenvalue weighted by Gasteiger charge is 2.32. The number of hydrogen-bond donors (Lipinski definition) is 0. The first-order chi connectivity index (χ1) is 13.5. The fourth-order valence-corrected chi connectivity index (χ4v) is 4.37. The van der Waals surface area contributed by atoms with E-state index in [0.717, 1.165) is 38.1 Å². The third kappa shape index (κ3) is 3.68. The minimum absolute atomic E-state index is 0.0739. The van der Waals surface area contributed by atoms with Gasteiger partial charge in [-0.1, -0.05) is 11.6 Å². The molecule has 2 saturated heterocycles. The first kappa shape index (κ1) is 19.1. The lowest BCUT2D eigenvalue weighted by Crippen LogP contribution is -2.48. The minimum atomic E-state index is -0.758. The van der Waals surface area contributed by atoms with Crippen LogP contribution < -0.4 is 0 Å². The molecule has 1 aromatic heterocycles. The zero-order chi connectivity index (χ0) is 19.7. The number of aromatic nitrogens is 1. The van der Waals surface area contributed by atoms with Gasteiger partial charge in [0.25, 0.3) is 5.91 Å². The van der Waals surface area contributed by atoms with Crippen LogP contribution >= 0.6 is 0 Å². The van der Waals surface area contributed by atoms with Gasteiger partial charge >= 0.3 is 0 Å². The molecule has 2 aliphatic rings. The smallest absolute Gasteiger partial charge is 0.259 e. The van der Waals surface area contributed by atoms with Crippen molar-refractivity contribution in [3.05, 3.63) is 41.2 Å². The lowest BCUT2D eigenvalue weighted by atomic mass is 9.98. The van der Waals surface area contributed by atoms with E-state index in [2.05, 4.69) is 10.1 Å². The molecule has 0 radical (unpaired) electrons. The van der Waals surface area contributed by atoms with Crippen molar-refractivity contribution in [2.45, 2.75) is 45.1 Å². The van der Waals surface area contributed by atoms with Crippen molar-refractivity contribution in [1.82, 2.24) is 15.0 Å². The number of hydrogen-bond acceptors (Lipinski definition) is 4. The first-order valence-electron chi connectivity index (χ1n) is 9.99. The molecule has 0 unspecified atom stereocenters. The Balaban J connectivity index is 1.51. The molecule has 5 nitrogen and oxygen atoms in total. The van der Waals surface area contributed by atoms with Crippen molar-refractivity contribution in [2.75, 3.05) is 26.2 Å². The summed E-state index contributed by atoms with van der Waals surface area (Å²) in [4.78, 5) is 17.5. The van der Waals surface area contributed by atoms with Crippen LogP contribution in [0, 0.1) is 18.6 Å². The number of amides is 1. The molecule has 7 heteroatoms. The molecule has 3 heterocycles. The average molecular weight is 389 g/mol. The second-order valence-electron chi connectivity index (χ2n) is 7.71. The van der Waals surface area contributed by atoms with E-state index in [9.17, 15) is 13.6 Å². The van der Waals surface area contributed by atoms with Crippen LogP contribution in [0.4, 0.5) is 8.78 Å². The summed E-state index contributed by atoms with van der Waals surface area (Å²) < 4.78 is 32.7. The zero-order valence-electron chi connectivity index (χ0n) is 16.1. The number of halogens is 2. The normalized spacial score (nSPS) is 19.2. The summed E-state index contributed by atoms with van der Waals surface area (Å²) in [7, 11) is 0. The van der Waals surface area contributed by atoms with E-state index in [4.69, 9.17) is 4.52 Å². The molecule has 0 spiro atoms. The standard InChI is InChI=1S/C21H25F2N3O2/c1-14-19(20(24-28-14)17-6-5-15(22)13-18(17)23)21(27)26-11-7-16(8-12-26)25-9-3-2-4-10-25/h5-6,13,16H,2-4,7-12H2,1H3. The molecule has 0 N–H and O–H groups in total. The molecule has 0 atom stereocenters. The van der Waals surface area contributed by atoms with Gasteiger partial charge in [-0.15, -0.1) is 0 Å². The monoisotopic (exact) mass is 389 g/mol. The zero-order valence-corrected chi connectivity index (χ0v) is 16.1. The lowest BCUT2D eigenvalue weighted by molar-refractivity contribution is 0.0589. The van der Waals surface area contributed by atoms with E-state index >= 15 is 0 Å². The topological polar surface area (TPSA) is 49.6 Å². The van der Waals surface area contributed by atoms with Crippen molar-refractivity contribution in [3.8, 4) is 11.3 Å². The maximum absolute atomic E-state index is 14.2. The summed E-state index contributed by atoms with van der Waals surface area (Å²) in [6.07, 6.45) is 5.70. The quantitative estimate of drug-likeness (QED) is 0.796. The van der Waals surface area contributed by atoms with Gasteiger partial charge in [0, 0.05) is 30.8 Å². The highest BCUT2D eigenvalue weighted by Crippen LogP contribution is 2.30. The van der Waals surface area contributed by atoms with Crippen molar-refractivity contribution in [2.24, 2.45) is 0 Å². The van der Waals surface area contributed by atoms with Crippen LogP contribution in [-0.2, 0) is 0 Å². The van der Waals surface area contributed by atoms with Gasteiger partial charge < -0.3 is 14.3 Å².